The summed E-state index contributed by atoms with van der Waals surface area (Å²) in [5, 5.41) is 0.302. The van der Waals surface area contributed by atoms with Crippen molar-refractivity contribution in [3.63, 3.8) is 0 Å². The molecule has 104 valence electrons. The predicted octanol–water partition coefficient (Wildman–Crippen LogP) is 1.52. The van der Waals surface area contributed by atoms with E-state index in [4.69, 9.17) is 16.3 Å². The van der Waals surface area contributed by atoms with E-state index in [1.807, 2.05) is 4.90 Å². The van der Waals surface area contributed by atoms with Crippen LogP contribution in [0.1, 0.15) is 17.3 Å². The van der Waals surface area contributed by atoms with Gasteiger partial charge < -0.3 is 14.5 Å². The first-order valence-corrected chi connectivity index (χ1v) is 6.74. The van der Waals surface area contributed by atoms with Gasteiger partial charge in [0.15, 0.2) is 0 Å². The summed E-state index contributed by atoms with van der Waals surface area (Å²) < 4.78 is 5.18. The molecule has 0 aromatic carbocycles. The van der Waals surface area contributed by atoms with Crippen LogP contribution in [0.15, 0.2) is 12.3 Å². The number of piperazine rings is 1. The molecule has 5 nitrogen and oxygen atoms in total. The standard InChI is InChI=1S/C13H18ClN3O2/c1-3-16-4-6-17(7-5-16)13(18)10-8-12(14)15-9-11(10)19-2/h8-9H,3-7H2,1-2H3. The number of rotatable bonds is 3. The Labute approximate surface area is 118 Å². The summed E-state index contributed by atoms with van der Waals surface area (Å²) in [6.07, 6.45) is 1.48. The molecule has 0 spiro atoms. The third kappa shape index (κ3) is 3.16. The molecule has 1 saturated heterocycles. The number of hydrogen-bond acceptors (Lipinski definition) is 4. The molecule has 0 atom stereocenters. The molecule has 0 saturated carbocycles. The van der Waals surface area contributed by atoms with Gasteiger partial charge in [0, 0.05) is 26.2 Å². The minimum Gasteiger partial charge on any atom is -0.494 e. The van der Waals surface area contributed by atoms with Crippen molar-refractivity contribution < 1.29 is 9.53 Å². The number of carbonyl (C=O) groups excluding carboxylic acids is 1. The molecule has 1 aromatic rings. The van der Waals surface area contributed by atoms with Gasteiger partial charge in [0.05, 0.1) is 18.9 Å². The van der Waals surface area contributed by atoms with Gasteiger partial charge in [-0.05, 0) is 12.6 Å². The van der Waals surface area contributed by atoms with Crippen molar-refractivity contribution in [3.05, 3.63) is 23.0 Å². The molecule has 0 bridgehead atoms. The van der Waals surface area contributed by atoms with Crippen LogP contribution < -0.4 is 4.74 Å². The van der Waals surface area contributed by atoms with E-state index in [2.05, 4.69) is 16.8 Å². The van der Waals surface area contributed by atoms with E-state index in [1.165, 1.54) is 13.3 Å². The Hall–Kier alpha value is -1.33. The smallest absolute Gasteiger partial charge is 0.257 e. The highest BCUT2D eigenvalue weighted by atomic mass is 35.5. The van der Waals surface area contributed by atoms with Gasteiger partial charge in [-0.2, -0.15) is 0 Å². The fourth-order valence-electron chi connectivity index (χ4n) is 2.18. The Bertz CT molecular complexity index is 459. The third-order valence-electron chi connectivity index (χ3n) is 3.39. The number of nitrogens with zero attached hydrogens (tertiary/aromatic N) is 3. The summed E-state index contributed by atoms with van der Waals surface area (Å²) in [6.45, 7) is 6.42. The first-order chi connectivity index (χ1) is 9.15. The molecule has 1 aliphatic heterocycles. The van der Waals surface area contributed by atoms with Crippen LogP contribution in [0.4, 0.5) is 0 Å². The van der Waals surface area contributed by atoms with E-state index >= 15 is 0 Å². The highest BCUT2D eigenvalue weighted by molar-refractivity contribution is 6.29. The van der Waals surface area contributed by atoms with Crippen molar-refractivity contribution in [3.8, 4) is 5.75 Å². The third-order valence-corrected chi connectivity index (χ3v) is 3.60. The number of hydrogen-bond donors (Lipinski definition) is 0. The van der Waals surface area contributed by atoms with Gasteiger partial charge in [-0.1, -0.05) is 18.5 Å². The molecule has 2 rings (SSSR count). The number of likely N-dealkylation sites (N-methyl/N-ethyl adjacent to an activating group) is 1. The monoisotopic (exact) mass is 283 g/mol. The molecular formula is C13H18ClN3O2. The summed E-state index contributed by atoms with van der Waals surface area (Å²) >= 11 is 5.86. The number of carbonyl (C=O) groups is 1. The number of aromatic nitrogens is 1. The number of amides is 1. The number of ether oxygens (including phenoxy) is 1. The van der Waals surface area contributed by atoms with Crippen LogP contribution in [0.3, 0.4) is 0 Å². The van der Waals surface area contributed by atoms with E-state index in [9.17, 15) is 4.79 Å². The fraction of sp³-hybridized carbons (Fsp3) is 0.538. The van der Waals surface area contributed by atoms with E-state index in [0.717, 1.165) is 32.7 Å². The van der Waals surface area contributed by atoms with Crippen LogP contribution in [0, 0.1) is 0 Å². The van der Waals surface area contributed by atoms with Gasteiger partial charge in [0.2, 0.25) is 0 Å². The molecule has 1 aliphatic rings. The van der Waals surface area contributed by atoms with Crippen LogP contribution in [-0.2, 0) is 0 Å². The maximum atomic E-state index is 12.5. The Morgan fingerprint density at radius 2 is 2.11 bits per heavy atom. The summed E-state index contributed by atoms with van der Waals surface area (Å²) in [5.41, 5.74) is 0.479. The van der Waals surface area contributed by atoms with Crippen molar-refractivity contribution in [1.29, 1.82) is 0 Å². The van der Waals surface area contributed by atoms with Gasteiger partial charge in [-0.25, -0.2) is 4.98 Å². The predicted molar refractivity (Wildman–Crippen MR) is 73.8 cm³/mol. The molecule has 0 radical (unpaired) electrons. The first kappa shape index (κ1) is 14.1. The average molecular weight is 284 g/mol. The molecule has 1 fully saturated rings. The van der Waals surface area contributed by atoms with Gasteiger partial charge in [-0.3, -0.25) is 4.79 Å². The quantitative estimate of drug-likeness (QED) is 0.789. The minimum atomic E-state index is -0.0445. The lowest BCUT2D eigenvalue weighted by Gasteiger charge is -2.34. The minimum absolute atomic E-state index is 0.0445. The average Bonchev–Trinajstić information content (AvgIpc) is 2.46. The maximum Gasteiger partial charge on any atom is 0.257 e. The number of methoxy groups -OCH3 is 1. The fourth-order valence-corrected chi connectivity index (χ4v) is 2.34. The van der Waals surface area contributed by atoms with E-state index in [1.54, 1.807) is 6.07 Å². The highest BCUT2D eigenvalue weighted by Crippen LogP contribution is 2.22. The van der Waals surface area contributed by atoms with E-state index in [-0.39, 0.29) is 5.91 Å². The lowest BCUT2D eigenvalue weighted by atomic mass is 10.2. The Kier molecular flexibility index (Phi) is 4.61. The highest BCUT2D eigenvalue weighted by Gasteiger charge is 2.24. The molecule has 6 heteroatoms. The summed E-state index contributed by atoms with van der Waals surface area (Å²) in [5.74, 6) is 0.421. The van der Waals surface area contributed by atoms with E-state index < -0.39 is 0 Å². The van der Waals surface area contributed by atoms with Crippen LogP contribution in [0.2, 0.25) is 5.15 Å². The molecule has 0 N–H and O–H groups in total. The zero-order chi connectivity index (χ0) is 13.8. The summed E-state index contributed by atoms with van der Waals surface area (Å²) in [6, 6.07) is 1.56. The van der Waals surface area contributed by atoms with Crippen molar-refractivity contribution in [1.82, 2.24) is 14.8 Å². The Morgan fingerprint density at radius 3 is 2.68 bits per heavy atom. The Morgan fingerprint density at radius 1 is 1.42 bits per heavy atom. The van der Waals surface area contributed by atoms with Crippen LogP contribution >= 0.6 is 11.6 Å². The zero-order valence-corrected chi connectivity index (χ0v) is 12.0. The molecule has 1 aromatic heterocycles. The van der Waals surface area contributed by atoms with Crippen molar-refractivity contribution in [2.24, 2.45) is 0 Å². The second-order valence-corrected chi connectivity index (χ2v) is 4.82. The van der Waals surface area contributed by atoms with E-state index in [0.29, 0.717) is 16.5 Å². The van der Waals surface area contributed by atoms with Crippen molar-refractivity contribution in [2.45, 2.75) is 6.92 Å². The van der Waals surface area contributed by atoms with Gasteiger partial charge in [0.25, 0.3) is 5.91 Å². The van der Waals surface area contributed by atoms with Crippen LogP contribution in [0.5, 0.6) is 5.75 Å². The lowest BCUT2D eigenvalue weighted by molar-refractivity contribution is 0.0640. The largest absolute Gasteiger partial charge is 0.494 e. The molecule has 0 aliphatic carbocycles. The molecular weight excluding hydrogens is 266 g/mol. The van der Waals surface area contributed by atoms with Crippen molar-refractivity contribution in [2.75, 3.05) is 39.8 Å². The Balaban J connectivity index is 2.14. The molecule has 2 heterocycles. The normalized spacial score (nSPS) is 16.5. The summed E-state index contributed by atoms with van der Waals surface area (Å²) in [4.78, 5) is 20.5. The van der Waals surface area contributed by atoms with Gasteiger partial charge in [-0.15, -0.1) is 0 Å². The van der Waals surface area contributed by atoms with Crippen molar-refractivity contribution >= 4 is 17.5 Å². The number of halogens is 1. The van der Waals surface area contributed by atoms with Gasteiger partial charge in [0.1, 0.15) is 10.9 Å². The van der Waals surface area contributed by atoms with Crippen LogP contribution in [0.25, 0.3) is 0 Å². The SMILES string of the molecule is CCN1CCN(C(=O)c2cc(Cl)ncc2OC)CC1. The number of pyridine rings is 1. The topological polar surface area (TPSA) is 45.7 Å². The first-order valence-electron chi connectivity index (χ1n) is 6.37. The second-order valence-electron chi connectivity index (χ2n) is 4.43. The molecule has 19 heavy (non-hydrogen) atoms. The second kappa shape index (κ2) is 6.21. The zero-order valence-electron chi connectivity index (χ0n) is 11.2. The molecule has 1 amide bonds. The van der Waals surface area contributed by atoms with Gasteiger partial charge >= 0.3 is 0 Å². The van der Waals surface area contributed by atoms with Crippen LogP contribution in [-0.4, -0.2) is 60.5 Å². The lowest BCUT2D eigenvalue weighted by Crippen LogP contribution is -2.48. The summed E-state index contributed by atoms with van der Waals surface area (Å²) in [7, 11) is 1.52. The molecule has 0 unspecified atom stereocenters. The maximum absolute atomic E-state index is 12.5.